The van der Waals surface area contributed by atoms with E-state index in [-0.39, 0.29) is 11.3 Å². The minimum Gasteiger partial charge on any atom is -0.507 e. The van der Waals surface area contributed by atoms with E-state index in [1.165, 1.54) is 0 Å². The Morgan fingerprint density at radius 2 is 1.74 bits per heavy atom. The number of morpholine rings is 1. The molecule has 2 saturated heterocycles. The summed E-state index contributed by atoms with van der Waals surface area (Å²) in [6.45, 7) is 13.5. The van der Waals surface area contributed by atoms with Gasteiger partial charge in [0.15, 0.2) is 11.5 Å². The smallest absolute Gasteiger partial charge is 0.295 e. The summed E-state index contributed by atoms with van der Waals surface area (Å²) in [7, 11) is 1.57. The van der Waals surface area contributed by atoms with Crippen LogP contribution in [0.15, 0.2) is 42.0 Å². The SMILES string of the molecule is CCCCOc1ccc(C2C(=C(O)c3ccc(OCC(C)C)c(C)c3)C(=O)C(=O)N2CCCN2CCOCC2)cc1OC. The summed E-state index contributed by atoms with van der Waals surface area (Å²) in [6.07, 6.45) is 2.60. The number of methoxy groups -OCH3 is 1. The summed E-state index contributed by atoms with van der Waals surface area (Å²) < 4.78 is 22.9. The van der Waals surface area contributed by atoms with Gasteiger partial charge in [0.1, 0.15) is 11.5 Å². The van der Waals surface area contributed by atoms with Gasteiger partial charge >= 0.3 is 0 Å². The fourth-order valence-electron chi connectivity index (χ4n) is 5.42. The van der Waals surface area contributed by atoms with Crippen LogP contribution in [0.3, 0.4) is 0 Å². The second-order valence-corrected chi connectivity index (χ2v) is 11.6. The van der Waals surface area contributed by atoms with Gasteiger partial charge in [0.25, 0.3) is 11.7 Å². The van der Waals surface area contributed by atoms with Crippen molar-refractivity contribution in [3.05, 3.63) is 58.7 Å². The fraction of sp³-hybridized carbons (Fsp3) is 0.529. The molecule has 1 unspecified atom stereocenters. The molecular formula is C34H46N2O7. The van der Waals surface area contributed by atoms with Gasteiger partial charge < -0.3 is 29.0 Å². The predicted molar refractivity (Wildman–Crippen MR) is 166 cm³/mol. The molecule has 2 aromatic carbocycles. The number of ketones is 1. The highest BCUT2D eigenvalue weighted by Crippen LogP contribution is 2.42. The number of hydrogen-bond acceptors (Lipinski definition) is 8. The number of nitrogens with zero attached hydrogens (tertiary/aromatic N) is 2. The number of Topliss-reactive ketones (excluding diaryl/α,β-unsaturated/α-hetero) is 1. The van der Waals surface area contributed by atoms with E-state index in [1.807, 2.05) is 19.1 Å². The molecule has 2 aliphatic rings. The maximum atomic E-state index is 13.6. The van der Waals surface area contributed by atoms with Gasteiger partial charge in [0.2, 0.25) is 0 Å². The molecule has 2 aliphatic heterocycles. The first kappa shape index (κ1) is 32.4. The van der Waals surface area contributed by atoms with Crippen LogP contribution in [0.1, 0.15) is 62.8 Å². The number of ether oxygens (including phenoxy) is 4. The van der Waals surface area contributed by atoms with Crippen molar-refractivity contribution in [1.82, 2.24) is 9.80 Å². The second-order valence-electron chi connectivity index (χ2n) is 11.6. The zero-order valence-corrected chi connectivity index (χ0v) is 26.2. The van der Waals surface area contributed by atoms with E-state index in [2.05, 4.69) is 25.7 Å². The third-order valence-corrected chi connectivity index (χ3v) is 7.80. The lowest BCUT2D eigenvalue weighted by Crippen LogP contribution is -2.39. The quantitative estimate of drug-likeness (QED) is 0.135. The number of amides is 1. The standard InChI is InChI=1S/C34H46N2O7/c1-6-7-17-42-28-12-9-25(21-29(28)40-5)31-30(32(37)26-10-11-27(24(4)20-26)43-22-23(2)3)33(38)34(39)36(31)14-8-13-35-15-18-41-19-16-35/h9-12,20-21,23,31,37H,6-8,13-19,22H2,1-5H3. The number of carbonyl (C=O) groups excluding carboxylic acids is 2. The summed E-state index contributed by atoms with van der Waals surface area (Å²) in [6, 6.07) is 9.99. The molecule has 0 aromatic heterocycles. The van der Waals surface area contributed by atoms with E-state index in [1.54, 1.807) is 36.3 Å². The van der Waals surface area contributed by atoms with Crippen molar-refractivity contribution in [3.63, 3.8) is 0 Å². The third kappa shape index (κ3) is 7.89. The average molecular weight is 595 g/mol. The molecule has 0 radical (unpaired) electrons. The molecule has 1 atom stereocenters. The number of likely N-dealkylation sites (tertiary alicyclic amines) is 1. The van der Waals surface area contributed by atoms with E-state index < -0.39 is 17.7 Å². The van der Waals surface area contributed by atoms with Crippen molar-refractivity contribution in [3.8, 4) is 17.2 Å². The largest absolute Gasteiger partial charge is 0.507 e. The topological polar surface area (TPSA) is 97.8 Å². The Hall–Kier alpha value is -3.56. The highest BCUT2D eigenvalue weighted by Gasteiger charge is 2.46. The number of benzene rings is 2. The van der Waals surface area contributed by atoms with Gasteiger partial charge in [-0.25, -0.2) is 0 Å². The number of hydrogen-bond donors (Lipinski definition) is 1. The molecule has 9 heteroatoms. The molecule has 2 heterocycles. The number of unbranched alkanes of at least 4 members (excludes halogenated alkanes) is 1. The number of rotatable bonds is 14. The van der Waals surface area contributed by atoms with Crippen LogP contribution < -0.4 is 14.2 Å². The molecular weight excluding hydrogens is 548 g/mol. The summed E-state index contributed by atoms with van der Waals surface area (Å²) in [5, 5.41) is 11.6. The average Bonchev–Trinajstić information content (AvgIpc) is 3.25. The number of aryl methyl sites for hydroxylation is 1. The van der Waals surface area contributed by atoms with E-state index >= 15 is 0 Å². The number of aliphatic hydroxyl groups excluding tert-OH is 1. The Balaban J connectivity index is 1.70. The molecule has 0 saturated carbocycles. The molecule has 43 heavy (non-hydrogen) atoms. The van der Waals surface area contributed by atoms with Gasteiger partial charge in [0, 0.05) is 31.7 Å². The van der Waals surface area contributed by atoms with Gasteiger partial charge in [-0.05, 0) is 67.1 Å². The third-order valence-electron chi connectivity index (χ3n) is 7.80. The highest BCUT2D eigenvalue weighted by molar-refractivity contribution is 6.46. The van der Waals surface area contributed by atoms with Crippen LogP contribution in [0.4, 0.5) is 0 Å². The van der Waals surface area contributed by atoms with E-state index in [9.17, 15) is 14.7 Å². The summed E-state index contributed by atoms with van der Waals surface area (Å²) in [5.41, 5.74) is 2.02. The minimum absolute atomic E-state index is 0.0633. The Kier molecular flexibility index (Phi) is 11.5. The summed E-state index contributed by atoms with van der Waals surface area (Å²) >= 11 is 0. The van der Waals surface area contributed by atoms with Crippen LogP contribution in [0.25, 0.3) is 5.76 Å². The monoisotopic (exact) mass is 594 g/mol. The van der Waals surface area contributed by atoms with Crippen LogP contribution in [0.5, 0.6) is 17.2 Å². The number of aliphatic hydroxyl groups is 1. The molecule has 0 bridgehead atoms. The van der Waals surface area contributed by atoms with Crippen LogP contribution >= 0.6 is 0 Å². The molecule has 1 N–H and O–H groups in total. The Morgan fingerprint density at radius 1 is 1.00 bits per heavy atom. The normalized spacial score (nSPS) is 18.8. The molecule has 2 aromatic rings. The highest BCUT2D eigenvalue weighted by atomic mass is 16.5. The molecule has 234 valence electrons. The summed E-state index contributed by atoms with van der Waals surface area (Å²) in [5.74, 6) is 0.658. The molecule has 1 amide bonds. The number of carbonyl (C=O) groups is 2. The fourth-order valence-corrected chi connectivity index (χ4v) is 5.42. The lowest BCUT2D eigenvalue weighted by Gasteiger charge is -2.29. The van der Waals surface area contributed by atoms with Gasteiger partial charge in [-0.1, -0.05) is 33.3 Å². The van der Waals surface area contributed by atoms with E-state index in [4.69, 9.17) is 18.9 Å². The zero-order valence-electron chi connectivity index (χ0n) is 26.2. The predicted octanol–water partition coefficient (Wildman–Crippen LogP) is 5.36. The maximum absolute atomic E-state index is 13.6. The van der Waals surface area contributed by atoms with Crippen LogP contribution in [0, 0.1) is 12.8 Å². The van der Waals surface area contributed by atoms with Gasteiger partial charge in [-0.2, -0.15) is 0 Å². The van der Waals surface area contributed by atoms with Gasteiger partial charge in [-0.15, -0.1) is 0 Å². The first-order chi connectivity index (χ1) is 20.7. The van der Waals surface area contributed by atoms with Crippen LogP contribution in [-0.2, 0) is 14.3 Å². The molecule has 0 spiro atoms. The van der Waals surface area contributed by atoms with Crippen molar-refractivity contribution in [2.45, 2.75) is 53.0 Å². The Morgan fingerprint density at radius 3 is 2.42 bits per heavy atom. The molecule has 0 aliphatic carbocycles. The van der Waals surface area contributed by atoms with Crippen molar-refractivity contribution >= 4 is 17.4 Å². The first-order valence-electron chi connectivity index (χ1n) is 15.4. The molecule has 9 nitrogen and oxygen atoms in total. The Labute approximate surface area is 255 Å². The zero-order chi connectivity index (χ0) is 30.9. The van der Waals surface area contributed by atoms with Crippen molar-refractivity contribution < 1.29 is 33.6 Å². The lowest BCUT2D eigenvalue weighted by atomic mass is 9.94. The van der Waals surface area contributed by atoms with Gasteiger partial charge in [0.05, 0.1) is 45.2 Å². The second kappa shape index (κ2) is 15.3. The molecule has 2 fully saturated rings. The van der Waals surface area contributed by atoms with Crippen molar-refractivity contribution in [2.75, 3.05) is 59.7 Å². The van der Waals surface area contributed by atoms with Crippen LogP contribution in [0.2, 0.25) is 0 Å². The van der Waals surface area contributed by atoms with Gasteiger partial charge in [-0.3, -0.25) is 14.5 Å². The molecule has 4 rings (SSSR count). The lowest BCUT2D eigenvalue weighted by molar-refractivity contribution is -0.140. The maximum Gasteiger partial charge on any atom is 0.295 e. The van der Waals surface area contributed by atoms with E-state index in [0.717, 1.165) is 38.0 Å². The van der Waals surface area contributed by atoms with E-state index in [0.29, 0.717) is 73.7 Å². The first-order valence-corrected chi connectivity index (χ1v) is 15.4. The van der Waals surface area contributed by atoms with Crippen LogP contribution in [-0.4, -0.2) is 86.3 Å². The summed E-state index contributed by atoms with van der Waals surface area (Å²) in [4.78, 5) is 31.0. The van der Waals surface area contributed by atoms with Crippen molar-refractivity contribution in [2.24, 2.45) is 5.92 Å². The Bertz CT molecular complexity index is 1300. The van der Waals surface area contributed by atoms with Crippen molar-refractivity contribution in [1.29, 1.82) is 0 Å². The minimum atomic E-state index is -0.777.